The third-order valence-electron chi connectivity index (χ3n) is 3.06. The van der Waals surface area contributed by atoms with Crippen molar-refractivity contribution in [1.29, 1.82) is 0 Å². The van der Waals surface area contributed by atoms with E-state index in [1.807, 2.05) is 6.92 Å². The van der Waals surface area contributed by atoms with Gasteiger partial charge in [-0.15, -0.1) is 0 Å². The van der Waals surface area contributed by atoms with Crippen molar-refractivity contribution in [1.82, 2.24) is 4.90 Å². The summed E-state index contributed by atoms with van der Waals surface area (Å²) < 4.78 is 6.52. The predicted octanol–water partition coefficient (Wildman–Crippen LogP) is 2.73. The van der Waals surface area contributed by atoms with Gasteiger partial charge in [0.2, 0.25) is 0 Å². The first-order valence-corrected chi connectivity index (χ1v) is 7.13. The minimum atomic E-state index is 0.223. The first kappa shape index (κ1) is 15.6. The van der Waals surface area contributed by atoms with Gasteiger partial charge in [-0.2, -0.15) is 0 Å². The minimum absolute atomic E-state index is 0.223. The van der Waals surface area contributed by atoms with E-state index in [-0.39, 0.29) is 6.04 Å². The molecule has 4 heteroatoms. The van der Waals surface area contributed by atoms with Crippen LogP contribution >= 0.6 is 15.9 Å². The van der Waals surface area contributed by atoms with Crippen LogP contribution in [0.1, 0.15) is 24.1 Å². The molecule has 102 valence electrons. The summed E-state index contributed by atoms with van der Waals surface area (Å²) >= 11 is 3.63. The van der Waals surface area contributed by atoms with Crippen LogP contribution in [-0.2, 0) is 4.74 Å². The number of likely N-dealkylation sites (N-methyl/N-ethyl adjacent to an activating group) is 1. The largest absolute Gasteiger partial charge is 0.380 e. The van der Waals surface area contributed by atoms with Crippen molar-refractivity contribution in [3.63, 3.8) is 0 Å². The van der Waals surface area contributed by atoms with Crippen molar-refractivity contribution in [2.24, 2.45) is 5.73 Å². The van der Waals surface area contributed by atoms with Crippen LogP contribution in [0.25, 0.3) is 0 Å². The normalized spacial score (nSPS) is 13.0. The molecule has 0 aliphatic rings. The fourth-order valence-corrected chi connectivity index (χ4v) is 2.71. The summed E-state index contributed by atoms with van der Waals surface area (Å²) in [6, 6.07) is 6.63. The standard InChI is InChI=1S/C14H23BrN2O/c1-4-18-8-7-17(3)14(10-16)12-6-5-11(2)9-13(12)15/h5-6,9,14H,4,7-8,10,16H2,1-3H3. The van der Waals surface area contributed by atoms with E-state index < -0.39 is 0 Å². The molecule has 1 atom stereocenters. The SMILES string of the molecule is CCOCCN(C)C(CN)c1ccc(C)cc1Br. The predicted molar refractivity (Wildman–Crippen MR) is 79.8 cm³/mol. The topological polar surface area (TPSA) is 38.5 Å². The zero-order valence-corrected chi connectivity index (χ0v) is 13.0. The van der Waals surface area contributed by atoms with Gasteiger partial charge in [-0.1, -0.05) is 28.1 Å². The second-order valence-electron chi connectivity index (χ2n) is 4.45. The van der Waals surface area contributed by atoms with Gasteiger partial charge in [0, 0.05) is 30.2 Å². The van der Waals surface area contributed by atoms with E-state index in [1.54, 1.807) is 0 Å². The van der Waals surface area contributed by atoms with Crippen LogP contribution in [-0.4, -0.2) is 38.3 Å². The van der Waals surface area contributed by atoms with Crippen molar-refractivity contribution >= 4 is 15.9 Å². The summed E-state index contributed by atoms with van der Waals surface area (Å²) in [4.78, 5) is 2.24. The van der Waals surface area contributed by atoms with Crippen molar-refractivity contribution in [3.05, 3.63) is 33.8 Å². The summed E-state index contributed by atoms with van der Waals surface area (Å²) in [5.41, 5.74) is 8.40. The Morgan fingerprint density at radius 3 is 2.72 bits per heavy atom. The lowest BCUT2D eigenvalue weighted by atomic mass is 10.0. The monoisotopic (exact) mass is 314 g/mol. The van der Waals surface area contributed by atoms with Crippen molar-refractivity contribution in [3.8, 4) is 0 Å². The molecule has 0 fully saturated rings. The van der Waals surface area contributed by atoms with Gasteiger partial charge in [0.15, 0.2) is 0 Å². The first-order valence-electron chi connectivity index (χ1n) is 6.34. The summed E-state index contributed by atoms with van der Waals surface area (Å²) in [6.07, 6.45) is 0. The molecular weight excluding hydrogens is 292 g/mol. The highest BCUT2D eigenvalue weighted by atomic mass is 79.9. The molecule has 0 saturated carbocycles. The smallest absolute Gasteiger partial charge is 0.0593 e. The number of rotatable bonds is 7. The third kappa shape index (κ3) is 4.35. The van der Waals surface area contributed by atoms with Crippen LogP contribution in [0.4, 0.5) is 0 Å². The molecule has 0 heterocycles. The summed E-state index contributed by atoms with van der Waals surface area (Å²) in [5.74, 6) is 0. The van der Waals surface area contributed by atoms with Crippen LogP contribution in [0.3, 0.4) is 0 Å². The highest BCUT2D eigenvalue weighted by Gasteiger charge is 2.17. The number of nitrogens with zero attached hydrogens (tertiary/aromatic N) is 1. The molecule has 1 unspecified atom stereocenters. The molecule has 0 aromatic heterocycles. The Morgan fingerprint density at radius 1 is 1.44 bits per heavy atom. The highest BCUT2D eigenvalue weighted by molar-refractivity contribution is 9.10. The van der Waals surface area contributed by atoms with Crippen LogP contribution in [0.5, 0.6) is 0 Å². The molecule has 18 heavy (non-hydrogen) atoms. The summed E-state index contributed by atoms with van der Waals surface area (Å²) in [6.45, 7) is 7.09. The van der Waals surface area contributed by atoms with Crippen molar-refractivity contribution < 1.29 is 4.74 Å². The van der Waals surface area contributed by atoms with Gasteiger partial charge >= 0.3 is 0 Å². The average molecular weight is 315 g/mol. The molecule has 0 spiro atoms. The second-order valence-corrected chi connectivity index (χ2v) is 5.31. The van der Waals surface area contributed by atoms with Gasteiger partial charge in [-0.3, -0.25) is 4.90 Å². The number of nitrogens with two attached hydrogens (primary N) is 1. The molecule has 0 aliphatic heterocycles. The van der Waals surface area contributed by atoms with Gasteiger partial charge in [-0.25, -0.2) is 0 Å². The number of benzene rings is 1. The number of hydrogen-bond donors (Lipinski definition) is 1. The first-order chi connectivity index (χ1) is 8.60. The zero-order valence-electron chi connectivity index (χ0n) is 11.4. The zero-order chi connectivity index (χ0) is 13.5. The van der Waals surface area contributed by atoms with Crippen LogP contribution in [0, 0.1) is 6.92 Å². The Labute approximate surface area is 118 Å². The quantitative estimate of drug-likeness (QED) is 0.786. The summed E-state index contributed by atoms with van der Waals surface area (Å²) in [7, 11) is 2.09. The van der Waals surface area contributed by atoms with Crippen LogP contribution < -0.4 is 5.73 Å². The Balaban J connectivity index is 2.75. The van der Waals surface area contributed by atoms with Gasteiger partial charge in [0.1, 0.15) is 0 Å². The average Bonchev–Trinajstić information content (AvgIpc) is 2.33. The molecule has 0 aliphatic carbocycles. The maximum absolute atomic E-state index is 5.91. The van der Waals surface area contributed by atoms with E-state index in [2.05, 4.69) is 53.0 Å². The Kier molecular flexibility index (Phi) is 6.86. The van der Waals surface area contributed by atoms with E-state index >= 15 is 0 Å². The molecule has 1 rings (SSSR count). The minimum Gasteiger partial charge on any atom is -0.380 e. The van der Waals surface area contributed by atoms with Gasteiger partial charge in [0.25, 0.3) is 0 Å². The summed E-state index contributed by atoms with van der Waals surface area (Å²) in [5, 5.41) is 0. The van der Waals surface area contributed by atoms with E-state index in [4.69, 9.17) is 10.5 Å². The fraction of sp³-hybridized carbons (Fsp3) is 0.571. The lowest BCUT2D eigenvalue weighted by Crippen LogP contribution is -2.33. The maximum Gasteiger partial charge on any atom is 0.0593 e. The Bertz CT molecular complexity index is 371. The fourth-order valence-electron chi connectivity index (χ4n) is 1.96. The number of aryl methyl sites for hydroxylation is 1. The molecule has 0 radical (unpaired) electrons. The van der Waals surface area contributed by atoms with Gasteiger partial charge in [0.05, 0.1) is 6.61 Å². The number of halogens is 1. The molecule has 0 bridgehead atoms. The van der Waals surface area contributed by atoms with Crippen LogP contribution in [0.2, 0.25) is 0 Å². The molecule has 1 aromatic carbocycles. The number of hydrogen-bond acceptors (Lipinski definition) is 3. The maximum atomic E-state index is 5.91. The Hall–Kier alpha value is -0.420. The lowest BCUT2D eigenvalue weighted by molar-refractivity contribution is 0.108. The van der Waals surface area contributed by atoms with E-state index in [0.717, 1.165) is 24.2 Å². The highest BCUT2D eigenvalue weighted by Crippen LogP contribution is 2.27. The Morgan fingerprint density at radius 2 is 2.17 bits per heavy atom. The van der Waals surface area contributed by atoms with E-state index in [1.165, 1.54) is 11.1 Å². The molecule has 0 amide bonds. The van der Waals surface area contributed by atoms with Crippen LogP contribution in [0.15, 0.2) is 22.7 Å². The van der Waals surface area contributed by atoms with Gasteiger partial charge < -0.3 is 10.5 Å². The molecule has 2 N–H and O–H groups in total. The van der Waals surface area contributed by atoms with E-state index in [9.17, 15) is 0 Å². The lowest BCUT2D eigenvalue weighted by Gasteiger charge is -2.28. The molecule has 3 nitrogen and oxygen atoms in total. The molecular formula is C14H23BrN2O. The van der Waals surface area contributed by atoms with Crippen molar-refractivity contribution in [2.45, 2.75) is 19.9 Å². The molecule has 0 saturated heterocycles. The van der Waals surface area contributed by atoms with Crippen molar-refractivity contribution in [2.75, 3.05) is 33.4 Å². The second kappa shape index (κ2) is 7.89. The van der Waals surface area contributed by atoms with E-state index in [0.29, 0.717) is 6.54 Å². The third-order valence-corrected chi connectivity index (χ3v) is 3.75. The number of ether oxygens (including phenoxy) is 1. The van der Waals surface area contributed by atoms with Gasteiger partial charge in [-0.05, 0) is 38.1 Å². The molecule has 1 aromatic rings.